The number of likely N-dealkylation sites (N-methyl/N-ethyl adjacent to an activating group) is 1. The average Bonchev–Trinajstić information content (AvgIpc) is 3.33. The molecule has 0 radical (unpaired) electrons. The van der Waals surface area contributed by atoms with Crippen molar-refractivity contribution in [1.82, 2.24) is 25.2 Å². The Balaban J connectivity index is 1.51. The maximum atomic E-state index is 13.1. The lowest BCUT2D eigenvalue weighted by Crippen LogP contribution is -2.44. The molecule has 3 heterocycles. The monoisotopic (exact) mass is 535 g/mol. The number of hydrogen-bond donors (Lipinski definition) is 1. The minimum absolute atomic E-state index is 0.0866. The zero-order valence-corrected chi connectivity index (χ0v) is 21.5. The van der Waals surface area contributed by atoms with Crippen LogP contribution in [0.25, 0.3) is 10.6 Å². The highest BCUT2D eigenvalue weighted by Crippen LogP contribution is 2.30. The summed E-state index contributed by atoms with van der Waals surface area (Å²) in [6, 6.07) is 4.56. The van der Waals surface area contributed by atoms with Crippen molar-refractivity contribution in [3.63, 3.8) is 0 Å². The first kappa shape index (κ1) is 27.0. The van der Waals surface area contributed by atoms with Gasteiger partial charge in [-0.05, 0) is 38.6 Å². The van der Waals surface area contributed by atoms with Crippen LogP contribution in [0.3, 0.4) is 0 Å². The third-order valence-electron chi connectivity index (χ3n) is 5.92. The van der Waals surface area contributed by atoms with Gasteiger partial charge in [0.1, 0.15) is 23.5 Å². The lowest BCUT2D eigenvalue weighted by atomic mass is 10.1. The van der Waals surface area contributed by atoms with Crippen molar-refractivity contribution >= 4 is 17.2 Å². The number of aryl methyl sites for hydroxylation is 1. The Morgan fingerprint density at radius 1 is 1.24 bits per heavy atom. The maximum Gasteiger partial charge on any atom is 0.451 e. The first-order valence-corrected chi connectivity index (χ1v) is 12.7. The van der Waals surface area contributed by atoms with Crippen LogP contribution in [-0.2, 0) is 10.9 Å². The molecule has 1 aromatic carbocycles. The van der Waals surface area contributed by atoms with E-state index >= 15 is 0 Å². The summed E-state index contributed by atoms with van der Waals surface area (Å²) in [6.45, 7) is 9.26. The van der Waals surface area contributed by atoms with E-state index in [0.29, 0.717) is 30.1 Å². The van der Waals surface area contributed by atoms with E-state index in [1.54, 1.807) is 25.3 Å². The van der Waals surface area contributed by atoms with E-state index in [1.807, 2.05) is 13.0 Å². The smallest absolute Gasteiger partial charge is 0.451 e. The number of nitrogens with zero attached hydrogens (tertiary/aromatic N) is 4. The van der Waals surface area contributed by atoms with Gasteiger partial charge in [-0.1, -0.05) is 6.92 Å². The summed E-state index contributed by atoms with van der Waals surface area (Å²) in [5.74, 6) is -1.15. The van der Waals surface area contributed by atoms with Crippen molar-refractivity contribution < 1.29 is 27.4 Å². The van der Waals surface area contributed by atoms with Crippen molar-refractivity contribution in [1.29, 1.82) is 0 Å². The van der Waals surface area contributed by atoms with E-state index in [2.05, 4.69) is 32.1 Å². The number of thiazole rings is 1. The molecule has 1 fully saturated rings. The van der Waals surface area contributed by atoms with E-state index in [4.69, 9.17) is 9.47 Å². The molecule has 0 saturated carbocycles. The van der Waals surface area contributed by atoms with E-state index in [9.17, 15) is 18.0 Å². The minimum Gasteiger partial charge on any atom is -0.491 e. The average molecular weight is 536 g/mol. The first-order chi connectivity index (χ1) is 17.6. The number of aromatic nitrogens is 3. The molecule has 0 bridgehead atoms. The van der Waals surface area contributed by atoms with Gasteiger partial charge in [-0.2, -0.15) is 13.2 Å². The van der Waals surface area contributed by atoms with Crippen LogP contribution in [0.4, 0.5) is 13.2 Å². The van der Waals surface area contributed by atoms with Gasteiger partial charge >= 0.3 is 6.18 Å². The zero-order chi connectivity index (χ0) is 26.6. The third kappa shape index (κ3) is 7.02. The molecule has 3 aromatic rings. The molecule has 1 saturated heterocycles. The number of alkyl halides is 3. The molecule has 12 heteroatoms. The normalized spacial score (nSPS) is 17.4. The van der Waals surface area contributed by atoms with Crippen molar-refractivity contribution in [2.24, 2.45) is 0 Å². The largest absolute Gasteiger partial charge is 0.491 e. The molecule has 198 valence electrons. The Labute approximate surface area is 216 Å². The Hall–Kier alpha value is -3.09. The Kier molecular flexibility index (Phi) is 8.40. The number of rotatable bonds is 8. The van der Waals surface area contributed by atoms with Gasteiger partial charge in [0.25, 0.3) is 5.91 Å². The topological polar surface area (TPSA) is 89.5 Å². The fraction of sp³-hybridized carbons (Fsp3) is 0.440. The van der Waals surface area contributed by atoms with Gasteiger partial charge in [0.2, 0.25) is 5.82 Å². The van der Waals surface area contributed by atoms with Gasteiger partial charge in [-0.15, -0.1) is 11.3 Å². The fourth-order valence-corrected chi connectivity index (χ4v) is 4.61. The van der Waals surface area contributed by atoms with Gasteiger partial charge in [0.15, 0.2) is 0 Å². The SMILES string of the molecule is CCN1CCO[C@@H](COc2cc(C(=O)NC(C)c3cnc(C(F)(F)F)nc3)cc(-c3ncc(C)s3)c2)C1. The number of carbonyl (C=O) groups excluding carboxylic acids is 1. The van der Waals surface area contributed by atoms with Crippen LogP contribution >= 0.6 is 11.3 Å². The summed E-state index contributed by atoms with van der Waals surface area (Å²) in [6.07, 6.45) is -0.832. The highest BCUT2D eigenvalue weighted by molar-refractivity contribution is 7.14. The van der Waals surface area contributed by atoms with Crippen LogP contribution in [0, 0.1) is 6.92 Å². The summed E-state index contributed by atoms with van der Waals surface area (Å²) in [5, 5.41) is 3.54. The minimum atomic E-state index is -4.63. The molecular weight excluding hydrogens is 507 g/mol. The standard InChI is InChI=1S/C25H28F3N5O3S/c1-4-33-5-6-35-21(13-33)14-36-20-8-17(7-18(9-20)23-29-10-15(2)37-23)22(34)32-16(3)19-11-30-24(31-12-19)25(26,27)28/h7-12,16,21H,4-6,13-14H2,1-3H3,(H,32,34)/t16?,21-/m1/s1. The third-order valence-corrected chi connectivity index (χ3v) is 6.88. The number of benzene rings is 1. The Bertz CT molecular complexity index is 1220. The molecule has 37 heavy (non-hydrogen) atoms. The molecule has 8 nitrogen and oxygen atoms in total. The van der Waals surface area contributed by atoms with Crippen LogP contribution in [-0.4, -0.2) is 64.7 Å². The van der Waals surface area contributed by atoms with E-state index in [1.165, 1.54) is 11.3 Å². The summed E-state index contributed by atoms with van der Waals surface area (Å²) in [5.41, 5.74) is 1.41. The van der Waals surface area contributed by atoms with Crippen molar-refractivity contribution in [3.05, 3.63) is 58.6 Å². The van der Waals surface area contributed by atoms with E-state index in [0.717, 1.165) is 47.5 Å². The molecular formula is C25H28F3N5O3S. The summed E-state index contributed by atoms with van der Waals surface area (Å²) < 4.78 is 50.2. The van der Waals surface area contributed by atoms with E-state index in [-0.39, 0.29) is 6.10 Å². The molecule has 1 aliphatic heterocycles. The van der Waals surface area contributed by atoms with Crippen LogP contribution in [0.5, 0.6) is 5.75 Å². The van der Waals surface area contributed by atoms with Gasteiger partial charge in [0.05, 0.1) is 12.6 Å². The number of halogens is 3. The second kappa shape index (κ2) is 11.5. The molecule has 1 aliphatic rings. The Morgan fingerprint density at radius 2 is 2.00 bits per heavy atom. The van der Waals surface area contributed by atoms with Gasteiger partial charge in [-0.3, -0.25) is 9.69 Å². The number of amides is 1. The van der Waals surface area contributed by atoms with Crippen LogP contribution < -0.4 is 10.1 Å². The van der Waals surface area contributed by atoms with Crippen LogP contribution in [0.1, 0.15) is 46.5 Å². The molecule has 4 rings (SSSR count). The van der Waals surface area contributed by atoms with Gasteiger partial charge < -0.3 is 14.8 Å². The lowest BCUT2D eigenvalue weighted by Gasteiger charge is -2.31. The molecule has 0 spiro atoms. The molecule has 2 aromatic heterocycles. The van der Waals surface area contributed by atoms with Gasteiger partial charge in [0, 0.05) is 53.2 Å². The predicted octanol–water partition coefficient (Wildman–Crippen LogP) is 4.52. The zero-order valence-electron chi connectivity index (χ0n) is 20.7. The molecule has 1 amide bonds. The fourth-order valence-electron chi connectivity index (χ4n) is 3.85. The summed E-state index contributed by atoms with van der Waals surface area (Å²) in [4.78, 5) is 27.6. The number of morpholine rings is 1. The quantitative estimate of drug-likeness (QED) is 0.454. The number of carbonyl (C=O) groups is 1. The molecule has 1 N–H and O–H groups in total. The highest BCUT2D eigenvalue weighted by atomic mass is 32.1. The van der Waals surface area contributed by atoms with Gasteiger partial charge in [-0.25, -0.2) is 15.0 Å². The maximum absolute atomic E-state index is 13.1. The number of hydrogen-bond acceptors (Lipinski definition) is 8. The highest BCUT2D eigenvalue weighted by Gasteiger charge is 2.34. The van der Waals surface area contributed by atoms with E-state index < -0.39 is 23.9 Å². The second-order valence-electron chi connectivity index (χ2n) is 8.75. The second-order valence-corrected chi connectivity index (χ2v) is 9.99. The lowest BCUT2D eigenvalue weighted by molar-refractivity contribution is -0.145. The Morgan fingerprint density at radius 3 is 2.65 bits per heavy atom. The number of nitrogens with one attached hydrogen (secondary N) is 1. The first-order valence-electron chi connectivity index (χ1n) is 11.9. The van der Waals surface area contributed by atoms with Crippen molar-refractivity contribution in [2.75, 3.05) is 32.8 Å². The number of ether oxygens (including phenoxy) is 2. The summed E-state index contributed by atoms with van der Waals surface area (Å²) >= 11 is 1.50. The molecule has 0 aliphatic carbocycles. The van der Waals surface area contributed by atoms with Crippen LogP contribution in [0.15, 0.2) is 36.8 Å². The van der Waals surface area contributed by atoms with Crippen LogP contribution in [0.2, 0.25) is 0 Å². The molecule has 2 atom stereocenters. The van der Waals surface area contributed by atoms with Crippen molar-refractivity contribution in [3.8, 4) is 16.3 Å². The molecule has 1 unspecified atom stereocenters. The predicted molar refractivity (Wildman–Crippen MR) is 133 cm³/mol. The van der Waals surface area contributed by atoms with Crippen molar-refractivity contribution in [2.45, 2.75) is 39.1 Å². The summed E-state index contributed by atoms with van der Waals surface area (Å²) in [7, 11) is 0.